The lowest BCUT2D eigenvalue weighted by Gasteiger charge is -2.37. The molecular weight excluding hydrogens is 386 g/mol. The quantitative estimate of drug-likeness (QED) is 0.709. The van der Waals surface area contributed by atoms with Crippen LogP contribution in [0.2, 0.25) is 0 Å². The van der Waals surface area contributed by atoms with E-state index in [9.17, 15) is 13.2 Å². The number of carbonyl (C=O) groups is 1. The number of amides is 1. The Morgan fingerprint density at radius 3 is 2.31 bits per heavy atom. The van der Waals surface area contributed by atoms with Gasteiger partial charge in [0.15, 0.2) is 0 Å². The highest BCUT2D eigenvalue weighted by Gasteiger charge is 2.31. The topological polar surface area (TPSA) is 60.9 Å². The van der Waals surface area contributed by atoms with Gasteiger partial charge in [-0.15, -0.1) is 0 Å². The van der Waals surface area contributed by atoms with Crippen LogP contribution < -0.4 is 0 Å². The molecule has 6 nitrogen and oxygen atoms in total. The minimum Gasteiger partial charge on any atom is -0.339 e. The number of piperidine rings is 1. The van der Waals surface area contributed by atoms with Gasteiger partial charge in [-0.25, -0.2) is 8.42 Å². The number of rotatable bonds is 6. The van der Waals surface area contributed by atoms with E-state index in [4.69, 9.17) is 0 Å². The van der Waals surface area contributed by atoms with Crippen LogP contribution in [0.15, 0.2) is 29.2 Å². The van der Waals surface area contributed by atoms with E-state index in [1.807, 2.05) is 17.0 Å². The van der Waals surface area contributed by atoms with Gasteiger partial charge >= 0.3 is 0 Å². The summed E-state index contributed by atoms with van der Waals surface area (Å²) in [6, 6.07) is 7.62. The summed E-state index contributed by atoms with van der Waals surface area (Å²) in [6.45, 7) is 9.68. The van der Waals surface area contributed by atoms with Crippen LogP contribution in [0.3, 0.4) is 0 Å². The fourth-order valence-electron chi connectivity index (χ4n) is 4.23. The van der Waals surface area contributed by atoms with Gasteiger partial charge in [0, 0.05) is 38.8 Å². The van der Waals surface area contributed by atoms with Crippen LogP contribution in [-0.2, 0) is 14.8 Å². The van der Waals surface area contributed by atoms with Crippen LogP contribution >= 0.6 is 0 Å². The largest absolute Gasteiger partial charge is 0.339 e. The molecule has 0 spiro atoms. The molecule has 1 aromatic carbocycles. The Kier molecular flexibility index (Phi) is 7.35. The molecule has 0 bridgehead atoms. The van der Waals surface area contributed by atoms with E-state index >= 15 is 0 Å². The van der Waals surface area contributed by atoms with Crippen molar-refractivity contribution in [3.63, 3.8) is 0 Å². The van der Waals surface area contributed by atoms with E-state index in [2.05, 4.69) is 25.7 Å². The lowest BCUT2D eigenvalue weighted by Crippen LogP contribution is -2.53. The van der Waals surface area contributed by atoms with E-state index in [1.54, 1.807) is 16.4 Å². The van der Waals surface area contributed by atoms with Crippen molar-refractivity contribution < 1.29 is 13.2 Å². The molecule has 1 aromatic rings. The molecule has 2 fully saturated rings. The summed E-state index contributed by atoms with van der Waals surface area (Å²) in [5, 5.41) is 0. The van der Waals surface area contributed by atoms with Crippen LogP contribution in [0.5, 0.6) is 0 Å². The Balaban J connectivity index is 1.56. The van der Waals surface area contributed by atoms with Crippen molar-refractivity contribution in [3.8, 4) is 0 Å². The lowest BCUT2D eigenvalue weighted by atomic mass is 9.99. The van der Waals surface area contributed by atoms with Crippen LogP contribution in [0.1, 0.15) is 57.9 Å². The average Bonchev–Trinajstić information content (AvgIpc) is 2.74. The molecule has 2 aliphatic heterocycles. The number of carbonyl (C=O) groups excluding carboxylic acids is 1. The molecule has 2 atom stereocenters. The number of hydrogen-bond donors (Lipinski definition) is 0. The second-order valence-electron chi connectivity index (χ2n) is 8.49. The molecule has 0 radical (unpaired) electrons. The van der Waals surface area contributed by atoms with E-state index in [-0.39, 0.29) is 5.91 Å². The summed E-state index contributed by atoms with van der Waals surface area (Å²) in [6.07, 6.45) is 4.38. The van der Waals surface area contributed by atoms with Crippen molar-refractivity contribution in [3.05, 3.63) is 29.8 Å². The first kappa shape index (κ1) is 22.2. The Hall–Kier alpha value is -1.44. The molecule has 3 rings (SSSR count). The summed E-state index contributed by atoms with van der Waals surface area (Å²) >= 11 is 0. The molecule has 29 heavy (non-hydrogen) atoms. The molecule has 7 heteroatoms. The summed E-state index contributed by atoms with van der Waals surface area (Å²) in [5.41, 5.74) is 1.17. The molecule has 0 unspecified atom stereocenters. The second-order valence-corrected chi connectivity index (χ2v) is 10.4. The number of piperazine rings is 1. The standard InChI is InChI=1S/C22H35N3O3S/c1-4-18(2)20-8-10-21(11-9-20)29(27,28)24-15-13-23(14-16-24)17-22(26)25-12-6-5-7-19(25)3/h8-11,18-19H,4-7,12-17H2,1-3H3/t18-,19+/m0/s1. The maximum absolute atomic E-state index is 13.0. The van der Waals surface area contributed by atoms with E-state index < -0.39 is 10.0 Å². The van der Waals surface area contributed by atoms with Gasteiger partial charge in [0.1, 0.15) is 0 Å². The van der Waals surface area contributed by atoms with Crippen molar-refractivity contribution in [1.82, 2.24) is 14.1 Å². The third-order valence-electron chi connectivity index (χ3n) is 6.51. The van der Waals surface area contributed by atoms with Crippen molar-refractivity contribution >= 4 is 15.9 Å². The normalized spacial score (nSPS) is 23.1. The number of hydrogen-bond acceptors (Lipinski definition) is 4. The molecule has 0 aromatic heterocycles. The van der Waals surface area contributed by atoms with Crippen LogP contribution in [0, 0.1) is 0 Å². The molecule has 0 aliphatic carbocycles. The Bertz CT molecular complexity index is 786. The molecular formula is C22H35N3O3S. The first-order valence-electron chi connectivity index (χ1n) is 10.9. The smallest absolute Gasteiger partial charge is 0.243 e. The van der Waals surface area contributed by atoms with Gasteiger partial charge in [-0.05, 0) is 56.2 Å². The Morgan fingerprint density at radius 2 is 1.72 bits per heavy atom. The first-order chi connectivity index (χ1) is 13.8. The minimum atomic E-state index is -3.48. The fraction of sp³-hybridized carbons (Fsp3) is 0.682. The predicted molar refractivity (Wildman–Crippen MR) is 115 cm³/mol. The van der Waals surface area contributed by atoms with Gasteiger partial charge in [-0.2, -0.15) is 4.31 Å². The predicted octanol–water partition coefficient (Wildman–Crippen LogP) is 2.91. The zero-order valence-electron chi connectivity index (χ0n) is 18.0. The highest BCUT2D eigenvalue weighted by atomic mass is 32.2. The highest BCUT2D eigenvalue weighted by molar-refractivity contribution is 7.89. The van der Waals surface area contributed by atoms with E-state index in [1.165, 1.54) is 12.0 Å². The monoisotopic (exact) mass is 421 g/mol. The molecule has 1 amide bonds. The van der Waals surface area contributed by atoms with Crippen molar-refractivity contribution in [2.45, 2.75) is 63.3 Å². The summed E-state index contributed by atoms with van der Waals surface area (Å²) in [4.78, 5) is 17.1. The van der Waals surface area contributed by atoms with Gasteiger partial charge in [0.2, 0.25) is 15.9 Å². The summed E-state index contributed by atoms with van der Waals surface area (Å²) < 4.78 is 27.5. The number of likely N-dealkylation sites (tertiary alicyclic amines) is 1. The van der Waals surface area contributed by atoms with Gasteiger partial charge in [0.05, 0.1) is 11.4 Å². The number of sulfonamides is 1. The minimum absolute atomic E-state index is 0.175. The zero-order valence-corrected chi connectivity index (χ0v) is 18.8. The van der Waals surface area contributed by atoms with Crippen LogP contribution in [0.25, 0.3) is 0 Å². The van der Waals surface area contributed by atoms with Gasteiger partial charge in [0.25, 0.3) is 0 Å². The fourth-order valence-corrected chi connectivity index (χ4v) is 5.65. The van der Waals surface area contributed by atoms with Gasteiger partial charge in [-0.1, -0.05) is 26.0 Å². The lowest BCUT2D eigenvalue weighted by molar-refractivity contribution is -0.135. The van der Waals surface area contributed by atoms with Gasteiger partial charge < -0.3 is 4.90 Å². The molecule has 2 saturated heterocycles. The maximum Gasteiger partial charge on any atom is 0.243 e. The number of benzene rings is 1. The summed E-state index contributed by atoms with van der Waals surface area (Å²) in [7, 11) is -3.48. The van der Waals surface area contributed by atoms with Crippen LogP contribution in [0.4, 0.5) is 0 Å². The third kappa shape index (κ3) is 5.19. The molecule has 0 N–H and O–H groups in total. The molecule has 0 saturated carbocycles. The molecule has 2 aliphatic rings. The van der Waals surface area contributed by atoms with Crippen molar-refractivity contribution in [2.24, 2.45) is 0 Å². The van der Waals surface area contributed by atoms with Gasteiger partial charge in [-0.3, -0.25) is 9.69 Å². The number of nitrogens with zero attached hydrogens (tertiary/aromatic N) is 3. The Labute approximate surface area is 175 Å². The maximum atomic E-state index is 13.0. The van der Waals surface area contributed by atoms with E-state index in [0.717, 1.165) is 25.8 Å². The van der Waals surface area contributed by atoms with Crippen molar-refractivity contribution in [2.75, 3.05) is 39.3 Å². The van der Waals surface area contributed by atoms with E-state index in [0.29, 0.717) is 49.6 Å². The highest BCUT2D eigenvalue weighted by Crippen LogP contribution is 2.23. The zero-order chi connectivity index (χ0) is 21.0. The first-order valence-corrected chi connectivity index (χ1v) is 12.4. The molecule has 2 heterocycles. The Morgan fingerprint density at radius 1 is 1.07 bits per heavy atom. The third-order valence-corrected chi connectivity index (χ3v) is 8.43. The second kappa shape index (κ2) is 9.58. The van der Waals surface area contributed by atoms with Crippen molar-refractivity contribution in [1.29, 1.82) is 0 Å². The van der Waals surface area contributed by atoms with Crippen LogP contribution in [-0.4, -0.2) is 73.7 Å². The SMILES string of the molecule is CC[C@H](C)c1ccc(S(=O)(=O)N2CCN(CC(=O)N3CCCC[C@H]3C)CC2)cc1. The average molecular weight is 422 g/mol. The summed E-state index contributed by atoms with van der Waals surface area (Å²) in [5.74, 6) is 0.601. The molecule has 162 valence electrons.